The largest absolute Gasteiger partial charge is 0.401 e. The van der Waals surface area contributed by atoms with Crippen molar-refractivity contribution in [1.82, 2.24) is 19.5 Å². The molecule has 2 aromatic heterocycles. The van der Waals surface area contributed by atoms with Gasteiger partial charge in [0, 0.05) is 18.2 Å². The maximum atomic E-state index is 12.4. The summed E-state index contributed by atoms with van der Waals surface area (Å²) in [6, 6.07) is 3.35. The van der Waals surface area contributed by atoms with E-state index >= 15 is 0 Å². The first-order valence-corrected chi connectivity index (χ1v) is 7.31. The van der Waals surface area contributed by atoms with Crippen molar-refractivity contribution in [2.24, 2.45) is 5.92 Å². The molecule has 0 spiro atoms. The summed E-state index contributed by atoms with van der Waals surface area (Å²) in [6.07, 6.45) is -0.228. The molecule has 0 aromatic carbocycles. The highest BCUT2D eigenvalue weighted by atomic mass is 19.4. The molecule has 124 valence electrons. The van der Waals surface area contributed by atoms with Gasteiger partial charge in [0.25, 0.3) is 0 Å². The number of hydrogen-bond acceptors (Lipinski definition) is 4. The van der Waals surface area contributed by atoms with E-state index < -0.39 is 12.7 Å². The van der Waals surface area contributed by atoms with Crippen LogP contribution in [0.5, 0.6) is 0 Å². The van der Waals surface area contributed by atoms with Crippen molar-refractivity contribution in [3.05, 3.63) is 24.5 Å². The minimum absolute atomic E-state index is 0.195. The van der Waals surface area contributed by atoms with Gasteiger partial charge in [0.2, 0.25) is 5.91 Å². The van der Waals surface area contributed by atoms with Gasteiger partial charge in [-0.05, 0) is 32.0 Å². The highest BCUT2D eigenvalue weighted by Crippen LogP contribution is 2.23. The molecule has 9 heteroatoms. The monoisotopic (exact) mass is 327 g/mol. The Kier molecular flexibility index (Phi) is 4.20. The molecule has 23 heavy (non-hydrogen) atoms. The summed E-state index contributed by atoms with van der Waals surface area (Å²) >= 11 is 0. The van der Waals surface area contributed by atoms with Crippen molar-refractivity contribution in [3.8, 4) is 0 Å². The Labute approximate surface area is 130 Å². The van der Waals surface area contributed by atoms with E-state index in [0.717, 1.165) is 0 Å². The van der Waals surface area contributed by atoms with Crippen LogP contribution in [0.1, 0.15) is 12.8 Å². The lowest BCUT2D eigenvalue weighted by Gasteiger charge is -2.31. The lowest BCUT2D eigenvalue weighted by Crippen LogP contribution is -2.42. The summed E-state index contributed by atoms with van der Waals surface area (Å²) in [4.78, 5) is 17.7. The third-order valence-corrected chi connectivity index (χ3v) is 3.90. The van der Waals surface area contributed by atoms with Crippen molar-refractivity contribution in [1.29, 1.82) is 0 Å². The van der Waals surface area contributed by atoms with Crippen molar-refractivity contribution in [3.63, 3.8) is 0 Å². The second-order valence-corrected chi connectivity index (χ2v) is 5.59. The molecule has 1 amide bonds. The smallest absolute Gasteiger partial charge is 0.310 e. The molecule has 3 rings (SSSR count). The third-order valence-electron chi connectivity index (χ3n) is 3.90. The van der Waals surface area contributed by atoms with Gasteiger partial charge in [-0.15, -0.1) is 0 Å². The molecule has 0 radical (unpaired) electrons. The Morgan fingerprint density at radius 3 is 2.70 bits per heavy atom. The van der Waals surface area contributed by atoms with Crippen LogP contribution in [-0.4, -0.2) is 51.2 Å². The molecule has 3 heterocycles. The number of likely N-dealkylation sites (tertiary alicyclic amines) is 1. The van der Waals surface area contributed by atoms with Crippen LogP contribution in [-0.2, 0) is 4.79 Å². The lowest BCUT2D eigenvalue weighted by atomic mass is 9.96. The van der Waals surface area contributed by atoms with Crippen LogP contribution in [0.4, 0.5) is 19.0 Å². The summed E-state index contributed by atoms with van der Waals surface area (Å²) in [6.45, 7) is -0.379. The van der Waals surface area contributed by atoms with E-state index in [0.29, 0.717) is 24.3 Å². The Morgan fingerprint density at radius 1 is 1.26 bits per heavy atom. The van der Waals surface area contributed by atoms with Crippen LogP contribution < -0.4 is 5.32 Å². The topological polar surface area (TPSA) is 62.5 Å². The highest BCUT2D eigenvalue weighted by Gasteiger charge is 2.33. The van der Waals surface area contributed by atoms with Crippen LogP contribution in [0.2, 0.25) is 0 Å². The van der Waals surface area contributed by atoms with Gasteiger partial charge in [-0.25, -0.2) is 4.98 Å². The standard InChI is InChI=1S/C14H16F3N5O/c15-14(16,17)9-21-7-3-10(4-8-21)13(23)20-12-1-5-18-11-2-6-19-22(11)12/h1-2,5-6,10H,3-4,7-9H2,(H,20,23). The van der Waals surface area contributed by atoms with Crippen molar-refractivity contribution in [2.75, 3.05) is 25.0 Å². The van der Waals surface area contributed by atoms with Crippen molar-refractivity contribution < 1.29 is 18.0 Å². The Morgan fingerprint density at radius 2 is 2.00 bits per heavy atom. The average Bonchev–Trinajstić information content (AvgIpc) is 2.96. The SMILES string of the molecule is O=C(Nc1ccnc2ccnn12)C1CCN(CC(F)(F)F)CC1. The molecule has 0 saturated carbocycles. The lowest BCUT2D eigenvalue weighted by molar-refractivity contribution is -0.149. The maximum Gasteiger partial charge on any atom is 0.401 e. The predicted molar refractivity (Wildman–Crippen MR) is 76.8 cm³/mol. The predicted octanol–water partition coefficient (Wildman–Crippen LogP) is 1.94. The molecule has 0 atom stereocenters. The maximum absolute atomic E-state index is 12.4. The first-order valence-electron chi connectivity index (χ1n) is 7.31. The van der Waals surface area contributed by atoms with E-state index in [-0.39, 0.29) is 24.9 Å². The van der Waals surface area contributed by atoms with Gasteiger partial charge in [-0.1, -0.05) is 0 Å². The number of carbonyl (C=O) groups excluding carboxylic acids is 1. The third kappa shape index (κ3) is 3.79. The molecule has 0 unspecified atom stereocenters. The highest BCUT2D eigenvalue weighted by molar-refractivity contribution is 5.92. The van der Waals surface area contributed by atoms with E-state index in [1.54, 1.807) is 24.5 Å². The molecule has 0 aliphatic carbocycles. The molecule has 1 saturated heterocycles. The molecular weight excluding hydrogens is 311 g/mol. The van der Waals surface area contributed by atoms with E-state index in [1.807, 2.05) is 0 Å². The summed E-state index contributed by atoms with van der Waals surface area (Å²) in [5, 5.41) is 6.86. The number of piperidine rings is 1. The number of halogens is 3. The Balaban J connectivity index is 1.59. The number of nitrogens with zero attached hydrogens (tertiary/aromatic N) is 4. The Bertz CT molecular complexity index is 691. The summed E-state index contributed by atoms with van der Waals surface area (Å²) in [5.74, 6) is 0.0145. The molecule has 1 aliphatic heterocycles. The van der Waals surface area contributed by atoms with Gasteiger partial charge in [0.1, 0.15) is 5.82 Å². The number of aromatic nitrogens is 3. The average molecular weight is 327 g/mol. The fourth-order valence-electron chi connectivity index (χ4n) is 2.76. The van der Waals surface area contributed by atoms with Gasteiger partial charge < -0.3 is 5.32 Å². The first kappa shape index (κ1) is 15.7. The molecule has 1 fully saturated rings. The Hall–Kier alpha value is -2.16. The first-order chi connectivity index (χ1) is 10.9. The molecular formula is C14H16F3N5O. The van der Waals surface area contributed by atoms with Crippen LogP contribution in [0.3, 0.4) is 0 Å². The quantitative estimate of drug-likeness (QED) is 0.936. The fraction of sp³-hybridized carbons (Fsp3) is 0.500. The fourth-order valence-corrected chi connectivity index (χ4v) is 2.76. The summed E-state index contributed by atoms with van der Waals surface area (Å²) in [7, 11) is 0. The van der Waals surface area contributed by atoms with Crippen molar-refractivity contribution in [2.45, 2.75) is 19.0 Å². The zero-order valence-corrected chi connectivity index (χ0v) is 12.3. The van der Waals surface area contributed by atoms with E-state index in [1.165, 1.54) is 9.42 Å². The van der Waals surface area contributed by atoms with Crippen LogP contribution in [0, 0.1) is 5.92 Å². The molecule has 2 aromatic rings. The number of fused-ring (bicyclic) bond motifs is 1. The molecule has 6 nitrogen and oxygen atoms in total. The molecule has 0 bridgehead atoms. The van der Waals surface area contributed by atoms with Gasteiger partial charge in [-0.3, -0.25) is 9.69 Å². The number of rotatable bonds is 3. The zero-order chi connectivity index (χ0) is 16.4. The van der Waals surface area contributed by atoms with Gasteiger partial charge in [-0.2, -0.15) is 22.8 Å². The van der Waals surface area contributed by atoms with E-state index in [4.69, 9.17) is 0 Å². The second-order valence-electron chi connectivity index (χ2n) is 5.59. The number of hydrogen-bond donors (Lipinski definition) is 1. The molecule has 1 N–H and O–H groups in total. The normalized spacial score (nSPS) is 17.5. The van der Waals surface area contributed by atoms with Crippen LogP contribution in [0.25, 0.3) is 5.65 Å². The number of anilines is 1. The minimum atomic E-state index is -4.20. The van der Waals surface area contributed by atoms with Gasteiger partial charge in [0.05, 0.1) is 12.7 Å². The minimum Gasteiger partial charge on any atom is -0.310 e. The van der Waals surface area contributed by atoms with E-state index in [9.17, 15) is 18.0 Å². The van der Waals surface area contributed by atoms with Crippen LogP contribution in [0.15, 0.2) is 24.5 Å². The van der Waals surface area contributed by atoms with Gasteiger partial charge >= 0.3 is 6.18 Å². The van der Waals surface area contributed by atoms with Gasteiger partial charge in [0.15, 0.2) is 5.65 Å². The number of amides is 1. The zero-order valence-electron chi connectivity index (χ0n) is 12.3. The van der Waals surface area contributed by atoms with Crippen molar-refractivity contribution >= 4 is 17.4 Å². The number of carbonyl (C=O) groups is 1. The summed E-state index contributed by atoms with van der Waals surface area (Å²) < 4.78 is 38.6. The van der Waals surface area contributed by atoms with E-state index in [2.05, 4.69) is 15.4 Å². The second kappa shape index (κ2) is 6.15. The summed E-state index contributed by atoms with van der Waals surface area (Å²) in [5.41, 5.74) is 0.614. The number of nitrogens with one attached hydrogen (secondary N) is 1. The molecule has 1 aliphatic rings. The number of alkyl halides is 3. The van der Waals surface area contributed by atoms with Crippen LogP contribution >= 0.6 is 0 Å².